The number of benzene rings is 2. The molecular formula is C21H22BrF2N3S2. The third-order valence-corrected chi connectivity index (χ3v) is 6.51. The standard InChI is InChI=1S/C21H22BrF2N3S2/c22-15-7-6-8-16(13-15)29-27-20-26-19(14-28-20)17-9-2-3-10-18(17)21(23,24)11-4-1-5-12-25/h2-3,6-10,13-14H,1,4-5,11-12,25H2,(H,26,27). The lowest BCUT2D eigenvalue weighted by Crippen LogP contribution is -2.15. The van der Waals surface area contributed by atoms with Crippen LogP contribution in [-0.4, -0.2) is 11.5 Å². The largest absolute Gasteiger partial charge is 0.330 e. The minimum Gasteiger partial charge on any atom is -0.330 e. The van der Waals surface area contributed by atoms with Crippen molar-refractivity contribution in [2.24, 2.45) is 5.73 Å². The van der Waals surface area contributed by atoms with E-state index in [-0.39, 0.29) is 12.0 Å². The summed E-state index contributed by atoms with van der Waals surface area (Å²) in [6, 6.07) is 14.5. The van der Waals surface area contributed by atoms with Crippen molar-refractivity contribution >= 4 is 44.3 Å². The van der Waals surface area contributed by atoms with Crippen molar-refractivity contribution in [3.05, 3.63) is 63.9 Å². The Morgan fingerprint density at radius 1 is 1.10 bits per heavy atom. The molecule has 1 heterocycles. The molecule has 0 aliphatic carbocycles. The third kappa shape index (κ3) is 6.25. The molecule has 0 unspecified atom stereocenters. The molecule has 0 bridgehead atoms. The fourth-order valence-corrected chi connectivity index (χ4v) is 4.91. The van der Waals surface area contributed by atoms with Crippen molar-refractivity contribution < 1.29 is 8.78 Å². The Morgan fingerprint density at radius 3 is 2.72 bits per heavy atom. The van der Waals surface area contributed by atoms with Gasteiger partial charge in [-0.2, -0.15) is 0 Å². The van der Waals surface area contributed by atoms with Gasteiger partial charge in [0.1, 0.15) is 0 Å². The molecular weight excluding hydrogens is 476 g/mol. The quantitative estimate of drug-likeness (QED) is 0.227. The highest BCUT2D eigenvalue weighted by molar-refractivity contribution is 9.10. The molecule has 2 aromatic carbocycles. The average molecular weight is 498 g/mol. The number of unbranched alkanes of at least 4 members (excludes halogenated alkanes) is 2. The lowest BCUT2D eigenvalue weighted by molar-refractivity contribution is -0.0152. The van der Waals surface area contributed by atoms with Crippen LogP contribution in [0.1, 0.15) is 31.2 Å². The molecule has 3 aromatic rings. The van der Waals surface area contributed by atoms with E-state index in [1.54, 1.807) is 18.2 Å². The smallest absolute Gasteiger partial charge is 0.273 e. The van der Waals surface area contributed by atoms with Gasteiger partial charge in [-0.1, -0.05) is 52.7 Å². The van der Waals surface area contributed by atoms with Crippen LogP contribution in [0.15, 0.2) is 63.3 Å². The van der Waals surface area contributed by atoms with E-state index in [0.717, 1.165) is 15.8 Å². The monoisotopic (exact) mass is 497 g/mol. The summed E-state index contributed by atoms with van der Waals surface area (Å²) in [7, 11) is 0. The first-order chi connectivity index (χ1) is 14.0. The van der Waals surface area contributed by atoms with Gasteiger partial charge in [-0.15, -0.1) is 11.3 Å². The summed E-state index contributed by atoms with van der Waals surface area (Å²) in [5.74, 6) is -2.90. The van der Waals surface area contributed by atoms with Crippen LogP contribution in [0.2, 0.25) is 0 Å². The van der Waals surface area contributed by atoms with E-state index < -0.39 is 5.92 Å². The summed E-state index contributed by atoms with van der Waals surface area (Å²) in [4.78, 5) is 5.56. The number of nitrogens with two attached hydrogens (primary N) is 1. The number of thiazole rings is 1. The summed E-state index contributed by atoms with van der Waals surface area (Å²) in [6.45, 7) is 0.536. The number of halogens is 3. The van der Waals surface area contributed by atoms with Gasteiger partial charge in [0.25, 0.3) is 5.92 Å². The van der Waals surface area contributed by atoms with Gasteiger partial charge in [-0.25, -0.2) is 13.8 Å². The van der Waals surface area contributed by atoms with E-state index in [4.69, 9.17) is 5.73 Å². The van der Waals surface area contributed by atoms with E-state index in [1.165, 1.54) is 29.4 Å². The van der Waals surface area contributed by atoms with Gasteiger partial charge in [0, 0.05) is 32.3 Å². The van der Waals surface area contributed by atoms with Gasteiger partial charge < -0.3 is 10.5 Å². The molecule has 0 atom stereocenters. The Kier molecular flexibility index (Phi) is 8.06. The Morgan fingerprint density at radius 2 is 1.93 bits per heavy atom. The normalized spacial score (nSPS) is 11.6. The van der Waals surface area contributed by atoms with Gasteiger partial charge in [0.05, 0.1) is 5.69 Å². The van der Waals surface area contributed by atoms with Crippen LogP contribution in [0.25, 0.3) is 11.3 Å². The number of nitrogens with zero attached hydrogens (tertiary/aromatic N) is 1. The zero-order chi connectivity index (χ0) is 20.7. The predicted octanol–water partition coefficient (Wildman–Crippen LogP) is 7.30. The Labute approximate surface area is 186 Å². The first-order valence-corrected chi connectivity index (χ1v) is 11.8. The van der Waals surface area contributed by atoms with Crippen molar-refractivity contribution in [3.8, 4) is 11.3 Å². The van der Waals surface area contributed by atoms with Crippen LogP contribution in [0.5, 0.6) is 0 Å². The van der Waals surface area contributed by atoms with Crippen molar-refractivity contribution in [3.63, 3.8) is 0 Å². The number of nitrogens with one attached hydrogen (secondary N) is 1. The summed E-state index contributed by atoms with van der Waals surface area (Å²) < 4.78 is 33.9. The van der Waals surface area contributed by atoms with E-state index in [1.807, 2.05) is 29.6 Å². The molecule has 0 fully saturated rings. The molecule has 0 saturated heterocycles. The van der Waals surface area contributed by atoms with Crippen LogP contribution < -0.4 is 10.5 Å². The summed E-state index contributed by atoms with van der Waals surface area (Å²) in [5, 5.41) is 2.48. The Balaban J connectivity index is 1.73. The first kappa shape index (κ1) is 22.2. The molecule has 0 saturated carbocycles. The maximum Gasteiger partial charge on any atom is 0.273 e. The summed E-state index contributed by atoms with van der Waals surface area (Å²) in [5.41, 5.74) is 6.53. The SMILES string of the molecule is NCCCCCC(F)(F)c1ccccc1-c1csc(NSc2cccc(Br)c2)n1. The zero-order valence-corrected chi connectivity index (χ0v) is 18.9. The fraction of sp³-hybridized carbons (Fsp3) is 0.286. The summed E-state index contributed by atoms with van der Waals surface area (Å²) >= 11 is 6.27. The van der Waals surface area contributed by atoms with Crippen molar-refractivity contribution in [2.45, 2.75) is 36.5 Å². The highest BCUT2D eigenvalue weighted by atomic mass is 79.9. The van der Waals surface area contributed by atoms with Crippen molar-refractivity contribution in [2.75, 3.05) is 11.3 Å². The first-order valence-electron chi connectivity index (χ1n) is 9.31. The van der Waals surface area contributed by atoms with Crippen LogP contribution in [0, 0.1) is 0 Å². The number of anilines is 1. The topological polar surface area (TPSA) is 50.9 Å². The van der Waals surface area contributed by atoms with E-state index >= 15 is 0 Å². The van der Waals surface area contributed by atoms with Crippen molar-refractivity contribution in [1.82, 2.24) is 4.98 Å². The highest BCUT2D eigenvalue weighted by Gasteiger charge is 2.33. The molecule has 3 nitrogen and oxygen atoms in total. The number of rotatable bonds is 10. The minimum atomic E-state index is -2.90. The van der Waals surface area contributed by atoms with Crippen molar-refractivity contribution in [1.29, 1.82) is 0 Å². The van der Waals surface area contributed by atoms with E-state index in [0.29, 0.717) is 35.8 Å². The maximum absolute atomic E-state index is 14.9. The molecule has 8 heteroatoms. The molecule has 0 aliphatic heterocycles. The maximum atomic E-state index is 14.9. The number of hydrogen-bond acceptors (Lipinski definition) is 5. The number of hydrogen-bond donors (Lipinski definition) is 2. The average Bonchev–Trinajstić information content (AvgIpc) is 3.19. The molecule has 1 aromatic heterocycles. The molecule has 0 aliphatic rings. The molecule has 0 spiro atoms. The zero-order valence-electron chi connectivity index (χ0n) is 15.7. The number of alkyl halides is 2. The molecule has 0 radical (unpaired) electrons. The summed E-state index contributed by atoms with van der Waals surface area (Å²) in [6.07, 6.45) is 1.75. The molecule has 29 heavy (non-hydrogen) atoms. The van der Waals surface area contributed by atoms with Gasteiger partial charge in [-0.3, -0.25) is 0 Å². The van der Waals surface area contributed by atoms with Crippen LogP contribution >= 0.6 is 39.2 Å². The van der Waals surface area contributed by atoms with Gasteiger partial charge in [0.2, 0.25) is 0 Å². The minimum absolute atomic E-state index is 0.0317. The molecule has 154 valence electrons. The van der Waals surface area contributed by atoms with E-state index in [2.05, 4.69) is 25.6 Å². The van der Waals surface area contributed by atoms with Crippen LogP contribution in [0.4, 0.5) is 13.9 Å². The number of aromatic nitrogens is 1. The molecule has 3 N–H and O–H groups in total. The molecule has 3 rings (SSSR count). The Bertz CT molecular complexity index is 934. The fourth-order valence-electron chi connectivity index (χ4n) is 2.91. The van der Waals surface area contributed by atoms with Gasteiger partial charge >= 0.3 is 0 Å². The predicted molar refractivity (Wildman–Crippen MR) is 123 cm³/mol. The van der Waals surface area contributed by atoms with Gasteiger partial charge in [-0.05, 0) is 49.5 Å². The lowest BCUT2D eigenvalue weighted by atomic mass is 9.96. The van der Waals surface area contributed by atoms with E-state index in [9.17, 15) is 8.78 Å². The van der Waals surface area contributed by atoms with Gasteiger partial charge in [0.15, 0.2) is 5.13 Å². The third-order valence-electron chi connectivity index (χ3n) is 4.35. The molecule has 0 amide bonds. The second kappa shape index (κ2) is 10.5. The second-order valence-corrected chi connectivity index (χ2v) is 9.20. The highest BCUT2D eigenvalue weighted by Crippen LogP contribution is 2.40. The van der Waals surface area contributed by atoms with Crippen LogP contribution in [0.3, 0.4) is 0 Å². The Hall–Kier alpha value is -1.48. The lowest BCUT2D eigenvalue weighted by Gasteiger charge is -2.19. The van der Waals surface area contributed by atoms with Crippen LogP contribution in [-0.2, 0) is 5.92 Å². The second-order valence-electron chi connectivity index (χ2n) is 6.55.